The van der Waals surface area contributed by atoms with Gasteiger partial charge in [0.25, 0.3) is 5.91 Å². The van der Waals surface area contributed by atoms with Gasteiger partial charge < -0.3 is 19.8 Å². The molecule has 3 aromatic rings. The molecule has 2 aromatic heterocycles. The number of furan rings is 1. The minimum atomic E-state index is -0.281. The van der Waals surface area contributed by atoms with Crippen molar-refractivity contribution in [2.24, 2.45) is 0 Å². The summed E-state index contributed by atoms with van der Waals surface area (Å²) in [6, 6.07) is 14.9. The van der Waals surface area contributed by atoms with E-state index in [1.807, 2.05) is 36.4 Å². The quantitative estimate of drug-likeness (QED) is 0.656. The van der Waals surface area contributed by atoms with Crippen molar-refractivity contribution in [3.05, 3.63) is 66.2 Å². The molecule has 1 aliphatic heterocycles. The zero-order valence-corrected chi connectivity index (χ0v) is 15.4. The highest BCUT2D eigenvalue weighted by Crippen LogP contribution is 2.19. The van der Waals surface area contributed by atoms with E-state index in [2.05, 4.69) is 20.6 Å². The van der Waals surface area contributed by atoms with Crippen LogP contribution in [0.4, 0.5) is 5.82 Å². The number of anilines is 1. The fraction of sp³-hybridized carbons (Fsp3) is 0.286. The van der Waals surface area contributed by atoms with Gasteiger partial charge in [0, 0.05) is 24.8 Å². The first-order valence-electron chi connectivity index (χ1n) is 9.38. The van der Waals surface area contributed by atoms with Crippen LogP contribution < -0.4 is 10.6 Å². The van der Waals surface area contributed by atoms with Crippen molar-refractivity contribution in [2.75, 3.05) is 18.5 Å². The molecule has 0 aliphatic carbocycles. The minimum absolute atomic E-state index is 0.173. The van der Waals surface area contributed by atoms with Gasteiger partial charge in [-0.3, -0.25) is 4.79 Å². The van der Waals surface area contributed by atoms with Gasteiger partial charge in [-0.15, -0.1) is 0 Å². The van der Waals surface area contributed by atoms with E-state index in [1.54, 1.807) is 18.4 Å². The number of nitrogens with one attached hydrogen (secondary N) is 2. The van der Waals surface area contributed by atoms with E-state index in [0.717, 1.165) is 25.0 Å². The van der Waals surface area contributed by atoms with Gasteiger partial charge in [0.1, 0.15) is 17.3 Å². The number of carbonyl (C=O) groups excluding carboxylic acids is 1. The number of carbonyl (C=O) groups is 1. The number of aromatic nitrogens is 2. The monoisotopic (exact) mass is 378 g/mol. The third kappa shape index (κ3) is 4.55. The predicted molar refractivity (Wildman–Crippen MR) is 105 cm³/mol. The van der Waals surface area contributed by atoms with Crippen LogP contribution in [0.1, 0.15) is 29.1 Å². The number of hydrogen-bond donors (Lipinski definition) is 2. The Morgan fingerprint density at radius 2 is 2.04 bits per heavy atom. The molecular formula is C21H22N4O3. The summed E-state index contributed by atoms with van der Waals surface area (Å²) in [5, 5.41) is 6.12. The fourth-order valence-corrected chi connectivity index (χ4v) is 3.07. The van der Waals surface area contributed by atoms with Gasteiger partial charge in [0.2, 0.25) is 0 Å². The molecule has 28 heavy (non-hydrogen) atoms. The predicted octanol–water partition coefficient (Wildman–Crippen LogP) is 3.26. The molecule has 1 amide bonds. The van der Waals surface area contributed by atoms with Gasteiger partial charge in [-0.2, -0.15) is 0 Å². The number of ether oxygens (including phenoxy) is 1. The number of nitrogens with zero attached hydrogens (tertiary/aromatic N) is 2. The third-order valence-electron chi connectivity index (χ3n) is 4.53. The van der Waals surface area contributed by atoms with Crippen molar-refractivity contribution in [1.29, 1.82) is 0 Å². The van der Waals surface area contributed by atoms with Crippen molar-refractivity contribution >= 4 is 11.7 Å². The topological polar surface area (TPSA) is 89.3 Å². The van der Waals surface area contributed by atoms with Crippen LogP contribution in [-0.4, -0.2) is 35.1 Å². The van der Waals surface area contributed by atoms with Gasteiger partial charge in [-0.25, -0.2) is 9.97 Å². The Morgan fingerprint density at radius 1 is 1.14 bits per heavy atom. The molecule has 1 saturated heterocycles. The number of amides is 1. The molecule has 1 unspecified atom stereocenters. The number of rotatable bonds is 7. The molecule has 3 heterocycles. The first-order chi connectivity index (χ1) is 13.8. The maximum absolute atomic E-state index is 12.6. The second kappa shape index (κ2) is 8.67. The zero-order chi connectivity index (χ0) is 19.2. The average Bonchev–Trinajstić information content (AvgIpc) is 3.45. The van der Waals surface area contributed by atoms with Crippen molar-refractivity contribution in [2.45, 2.75) is 25.5 Å². The summed E-state index contributed by atoms with van der Waals surface area (Å²) in [5.74, 6) is 1.51. The van der Waals surface area contributed by atoms with Crippen molar-refractivity contribution < 1.29 is 13.9 Å². The first-order valence-corrected chi connectivity index (χ1v) is 9.38. The van der Waals surface area contributed by atoms with Crippen LogP contribution in [0.2, 0.25) is 0 Å². The van der Waals surface area contributed by atoms with E-state index in [-0.39, 0.29) is 12.0 Å². The first kappa shape index (κ1) is 18.2. The Kier molecular flexibility index (Phi) is 5.63. The molecule has 0 spiro atoms. The van der Waals surface area contributed by atoms with Crippen LogP contribution in [0.25, 0.3) is 11.4 Å². The van der Waals surface area contributed by atoms with Crippen LogP contribution in [-0.2, 0) is 11.3 Å². The van der Waals surface area contributed by atoms with Crippen LogP contribution in [0.5, 0.6) is 0 Å². The van der Waals surface area contributed by atoms with Crippen LogP contribution in [0.3, 0.4) is 0 Å². The summed E-state index contributed by atoms with van der Waals surface area (Å²) >= 11 is 0. The van der Waals surface area contributed by atoms with E-state index in [4.69, 9.17) is 9.15 Å². The molecule has 1 aromatic carbocycles. The third-order valence-corrected chi connectivity index (χ3v) is 4.53. The van der Waals surface area contributed by atoms with Gasteiger partial charge in [0.05, 0.1) is 18.9 Å². The number of benzene rings is 1. The average molecular weight is 378 g/mol. The zero-order valence-electron chi connectivity index (χ0n) is 15.4. The maximum atomic E-state index is 12.6. The summed E-state index contributed by atoms with van der Waals surface area (Å²) in [6.45, 7) is 1.75. The van der Waals surface area contributed by atoms with Crippen molar-refractivity contribution in [3.63, 3.8) is 0 Å². The highest BCUT2D eigenvalue weighted by Gasteiger charge is 2.17. The summed E-state index contributed by atoms with van der Waals surface area (Å²) in [7, 11) is 0. The van der Waals surface area contributed by atoms with E-state index in [9.17, 15) is 4.79 Å². The van der Waals surface area contributed by atoms with E-state index in [0.29, 0.717) is 36.2 Å². The lowest BCUT2D eigenvalue weighted by Crippen LogP contribution is -2.25. The van der Waals surface area contributed by atoms with Gasteiger partial charge in [-0.05, 0) is 25.0 Å². The lowest BCUT2D eigenvalue weighted by Gasteiger charge is -2.13. The molecule has 0 bridgehead atoms. The lowest BCUT2D eigenvalue weighted by molar-refractivity contribution is 0.0943. The Balaban J connectivity index is 1.54. The largest absolute Gasteiger partial charge is 0.467 e. The van der Waals surface area contributed by atoms with Gasteiger partial charge >= 0.3 is 0 Å². The molecule has 144 valence electrons. The molecule has 1 aliphatic rings. The Labute approximate surface area is 163 Å². The number of hydrogen-bond acceptors (Lipinski definition) is 6. The minimum Gasteiger partial charge on any atom is -0.467 e. The van der Waals surface area contributed by atoms with Crippen LogP contribution in [0.15, 0.2) is 59.2 Å². The second-order valence-electron chi connectivity index (χ2n) is 6.61. The molecule has 0 radical (unpaired) electrons. The summed E-state index contributed by atoms with van der Waals surface area (Å²) in [4.78, 5) is 21.7. The SMILES string of the molecule is O=C(NCc1ccco1)c1cc(NCC2CCCO2)nc(-c2ccccc2)n1. The molecule has 1 atom stereocenters. The van der Waals surface area contributed by atoms with E-state index >= 15 is 0 Å². The van der Waals surface area contributed by atoms with Crippen molar-refractivity contribution in [3.8, 4) is 11.4 Å². The normalized spacial score (nSPS) is 16.1. The van der Waals surface area contributed by atoms with Crippen LogP contribution >= 0.6 is 0 Å². The Morgan fingerprint density at radius 3 is 2.79 bits per heavy atom. The lowest BCUT2D eigenvalue weighted by atomic mass is 10.2. The molecule has 7 nitrogen and oxygen atoms in total. The van der Waals surface area contributed by atoms with Gasteiger partial charge in [0.15, 0.2) is 5.82 Å². The maximum Gasteiger partial charge on any atom is 0.270 e. The highest BCUT2D eigenvalue weighted by molar-refractivity contribution is 5.93. The molecular weight excluding hydrogens is 356 g/mol. The summed E-state index contributed by atoms with van der Waals surface area (Å²) < 4.78 is 10.9. The highest BCUT2D eigenvalue weighted by atomic mass is 16.5. The fourth-order valence-electron chi connectivity index (χ4n) is 3.07. The molecule has 1 fully saturated rings. The van der Waals surface area contributed by atoms with Crippen molar-refractivity contribution in [1.82, 2.24) is 15.3 Å². The Hall–Kier alpha value is -3.19. The van der Waals surface area contributed by atoms with E-state index in [1.165, 1.54) is 0 Å². The second-order valence-corrected chi connectivity index (χ2v) is 6.61. The Bertz CT molecular complexity index is 907. The smallest absolute Gasteiger partial charge is 0.270 e. The molecule has 4 rings (SSSR count). The summed E-state index contributed by atoms with van der Waals surface area (Å²) in [6.07, 6.45) is 3.85. The molecule has 0 saturated carbocycles. The summed E-state index contributed by atoms with van der Waals surface area (Å²) in [5.41, 5.74) is 1.15. The van der Waals surface area contributed by atoms with E-state index < -0.39 is 0 Å². The van der Waals surface area contributed by atoms with Crippen LogP contribution in [0, 0.1) is 0 Å². The standard InChI is InChI=1S/C21H22N4O3/c26-21(23-14-17-9-5-11-28-17)18-12-19(22-13-16-8-4-10-27-16)25-20(24-18)15-6-2-1-3-7-15/h1-3,5-7,9,11-12,16H,4,8,10,13-14H2,(H,23,26)(H,22,24,25). The molecule has 7 heteroatoms. The molecule has 2 N–H and O–H groups in total. The van der Waals surface area contributed by atoms with Gasteiger partial charge in [-0.1, -0.05) is 30.3 Å².